The van der Waals surface area contributed by atoms with Crippen molar-refractivity contribution in [1.29, 1.82) is 0 Å². The monoisotopic (exact) mass is 1460 g/mol. The van der Waals surface area contributed by atoms with Gasteiger partial charge < -0.3 is 0 Å². The summed E-state index contributed by atoms with van der Waals surface area (Å²) in [5.41, 5.74) is 38.3. The zero-order chi connectivity index (χ0) is 78.5. The molecule has 0 nitrogen and oxygen atoms in total. The van der Waals surface area contributed by atoms with Gasteiger partial charge in [0.15, 0.2) is 0 Å². The van der Waals surface area contributed by atoms with Crippen LogP contribution < -0.4 is 0 Å². The molecule has 0 spiro atoms. The largest absolute Gasteiger partial charge is 0.0622 e. The third-order valence-corrected chi connectivity index (χ3v) is 20.3. The molecule has 0 aromatic heterocycles. The summed E-state index contributed by atoms with van der Waals surface area (Å²) in [5.74, 6) is 0. The molecule has 0 amide bonds. The SMILES string of the molecule is Cc1ccc(-c2ccc(-c3ccccc3)cc2)cc1.Cc1ccc(-c2cccc(-c3ccccc3)c2)cc1.Cc1cccc(-c2ccc(-c3ccccc3)cc2)c1.Cc1cccc(-c2cccc(-c3ccccc3)c2)c1.Cc1ccccc1-c1ccc(-c2ccccc2)cc1.Cc1ccccc1-c1cccc(-c2ccccc2)c1. The Labute approximate surface area is 677 Å². The van der Waals surface area contributed by atoms with Crippen LogP contribution in [0, 0.1) is 41.5 Å². The molecule has 18 rings (SSSR count). The highest BCUT2D eigenvalue weighted by Gasteiger charge is 2.09. The smallest absolute Gasteiger partial charge is 0.0155 e. The average Bonchev–Trinajstić information content (AvgIpc) is 0.852. The predicted molar refractivity (Wildman–Crippen MR) is 492 cm³/mol. The second-order valence-corrected chi connectivity index (χ2v) is 28.8. The Bertz CT molecular complexity index is 5930. The van der Waals surface area contributed by atoms with Gasteiger partial charge in [0.1, 0.15) is 0 Å². The Kier molecular flexibility index (Phi) is 27.4. The summed E-state index contributed by atoms with van der Waals surface area (Å²) in [4.78, 5) is 0. The zero-order valence-electron chi connectivity index (χ0n) is 66.0. The van der Waals surface area contributed by atoms with Crippen molar-refractivity contribution in [3.05, 3.63) is 507 Å². The first kappa shape index (κ1) is 78.1. The molecule has 0 saturated carbocycles. The van der Waals surface area contributed by atoms with Crippen molar-refractivity contribution in [2.45, 2.75) is 41.5 Å². The van der Waals surface area contributed by atoms with Crippen LogP contribution >= 0.6 is 0 Å². The van der Waals surface area contributed by atoms with Crippen molar-refractivity contribution < 1.29 is 0 Å². The van der Waals surface area contributed by atoms with Crippen molar-refractivity contribution in [2.24, 2.45) is 0 Å². The van der Waals surface area contributed by atoms with Crippen molar-refractivity contribution in [3.63, 3.8) is 0 Å². The van der Waals surface area contributed by atoms with Crippen LogP contribution in [-0.2, 0) is 0 Å². The van der Waals surface area contributed by atoms with Gasteiger partial charge in [-0.25, -0.2) is 0 Å². The maximum Gasteiger partial charge on any atom is -0.0155 e. The fraction of sp³-hybridized carbons (Fsp3) is 0.0526. The number of rotatable bonds is 12. The Morgan fingerprint density at radius 3 is 0.544 bits per heavy atom. The third-order valence-electron chi connectivity index (χ3n) is 20.3. The first-order valence-electron chi connectivity index (χ1n) is 39.3. The van der Waals surface area contributed by atoms with E-state index in [0.29, 0.717) is 0 Å². The lowest BCUT2D eigenvalue weighted by Gasteiger charge is -2.08. The minimum atomic E-state index is 1.26. The molecule has 0 fully saturated rings. The molecular formula is C114H96. The van der Waals surface area contributed by atoms with Gasteiger partial charge in [-0.05, 0) is 204 Å². The maximum absolute atomic E-state index is 2.26. The van der Waals surface area contributed by atoms with Gasteiger partial charge in [-0.2, -0.15) is 0 Å². The van der Waals surface area contributed by atoms with E-state index in [1.807, 2.05) is 30.3 Å². The minimum absolute atomic E-state index is 1.26. The van der Waals surface area contributed by atoms with Gasteiger partial charge >= 0.3 is 0 Å². The van der Waals surface area contributed by atoms with E-state index in [4.69, 9.17) is 0 Å². The summed E-state index contributed by atoms with van der Waals surface area (Å²) in [6, 6.07) is 167. The molecule has 114 heavy (non-hydrogen) atoms. The quantitative estimate of drug-likeness (QED) is 0.114. The molecule has 0 heteroatoms. The van der Waals surface area contributed by atoms with Crippen molar-refractivity contribution in [1.82, 2.24) is 0 Å². The van der Waals surface area contributed by atoms with Crippen LogP contribution in [0.4, 0.5) is 0 Å². The lowest BCUT2D eigenvalue weighted by molar-refractivity contribution is 1.46. The molecule has 18 aromatic carbocycles. The van der Waals surface area contributed by atoms with Gasteiger partial charge in [0.25, 0.3) is 0 Å². The van der Waals surface area contributed by atoms with Crippen LogP contribution in [0.2, 0.25) is 0 Å². The summed E-state index contributed by atoms with van der Waals surface area (Å²) < 4.78 is 0. The fourth-order valence-electron chi connectivity index (χ4n) is 13.9. The lowest BCUT2D eigenvalue weighted by atomic mass is 9.96. The number of hydrogen-bond donors (Lipinski definition) is 0. The Balaban J connectivity index is 0.000000119. The van der Waals surface area contributed by atoms with Gasteiger partial charge in [0.2, 0.25) is 0 Å². The molecule has 18 aromatic rings. The standard InChI is InChI=1S/6C19H16/c1-15-7-5-10-17(13-15)19-12-6-11-18(14-19)16-8-3-2-4-9-16;1-15-8-5-6-13-19(15)18-12-7-11-17(14-18)16-9-3-2-4-10-16;1-15-7-5-6-10-19(15)18-13-11-17(12-14-18)16-8-3-2-4-9-16;1-15-6-5-9-19(14-15)18-12-10-17(11-13-18)16-7-3-2-4-8-16;1-15-10-12-17(13-11-15)19-9-5-8-18(14-19)16-6-3-2-4-7-16;1-15-7-9-17(10-8-15)19-13-11-18(12-14-19)16-5-3-2-4-6-16/h6*2-14H,1H3. The molecular weight excluding hydrogens is 1370 g/mol. The van der Waals surface area contributed by atoms with Gasteiger partial charge in [-0.3, -0.25) is 0 Å². The van der Waals surface area contributed by atoms with Crippen LogP contribution in [0.25, 0.3) is 134 Å². The Morgan fingerprint density at radius 2 is 0.263 bits per heavy atom. The van der Waals surface area contributed by atoms with E-state index >= 15 is 0 Å². The van der Waals surface area contributed by atoms with Crippen LogP contribution in [0.15, 0.2) is 473 Å². The highest BCUT2D eigenvalue weighted by atomic mass is 14.1. The van der Waals surface area contributed by atoms with Crippen LogP contribution in [0.1, 0.15) is 33.4 Å². The van der Waals surface area contributed by atoms with Crippen molar-refractivity contribution >= 4 is 0 Å². The van der Waals surface area contributed by atoms with Gasteiger partial charge in [0.05, 0.1) is 0 Å². The predicted octanol–water partition coefficient (Wildman–Crippen LogP) is 32.0. The van der Waals surface area contributed by atoms with Gasteiger partial charge in [-0.15, -0.1) is 0 Å². The molecule has 0 heterocycles. The highest BCUT2D eigenvalue weighted by molar-refractivity contribution is 5.79. The van der Waals surface area contributed by atoms with Crippen LogP contribution in [0.5, 0.6) is 0 Å². The van der Waals surface area contributed by atoms with E-state index in [9.17, 15) is 0 Å². The van der Waals surface area contributed by atoms with E-state index in [0.717, 1.165) is 0 Å². The number of aryl methyl sites for hydroxylation is 6. The minimum Gasteiger partial charge on any atom is -0.0622 e. The molecule has 0 aliphatic heterocycles. The fourth-order valence-corrected chi connectivity index (χ4v) is 13.9. The zero-order valence-corrected chi connectivity index (χ0v) is 66.0. The van der Waals surface area contributed by atoms with Crippen molar-refractivity contribution in [2.75, 3.05) is 0 Å². The molecule has 0 aliphatic carbocycles. The topological polar surface area (TPSA) is 0 Å². The molecule has 0 atom stereocenters. The normalized spacial score (nSPS) is 10.4. The van der Waals surface area contributed by atoms with E-state index in [-0.39, 0.29) is 0 Å². The second-order valence-electron chi connectivity index (χ2n) is 28.8. The molecule has 0 aliphatic rings. The first-order valence-corrected chi connectivity index (χ1v) is 39.3. The van der Waals surface area contributed by atoms with E-state index in [1.54, 1.807) is 0 Å². The maximum atomic E-state index is 2.26. The molecule has 0 unspecified atom stereocenters. The average molecular weight is 1470 g/mol. The van der Waals surface area contributed by atoms with E-state index in [1.165, 1.54) is 167 Å². The lowest BCUT2D eigenvalue weighted by Crippen LogP contribution is -1.84. The summed E-state index contributed by atoms with van der Waals surface area (Å²) in [6.07, 6.45) is 0. The summed E-state index contributed by atoms with van der Waals surface area (Å²) in [7, 11) is 0. The van der Waals surface area contributed by atoms with Crippen molar-refractivity contribution in [3.8, 4) is 134 Å². The molecule has 0 N–H and O–H groups in total. The number of hydrogen-bond acceptors (Lipinski definition) is 0. The first-order chi connectivity index (χ1) is 56.0. The summed E-state index contributed by atoms with van der Waals surface area (Å²) >= 11 is 0. The highest BCUT2D eigenvalue weighted by Crippen LogP contribution is 2.34. The Morgan fingerprint density at radius 1 is 0.0965 bits per heavy atom. The molecule has 552 valence electrons. The Hall–Kier alpha value is -14.0. The van der Waals surface area contributed by atoms with Crippen LogP contribution in [-0.4, -0.2) is 0 Å². The third kappa shape index (κ3) is 22.1. The van der Waals surface area contributed by atoms with Gasteiger partial charge in [-0.1, -0.05) is 477 Å². The summed E-state index contributed by atoms with van der Waals surface area (Å²) in [6.45, 7) is 12.8. The molecule has 0 radical (unpaired) electrons. The van der Waals surface area contributed by atoms with Gasteiger partial charge in [0, 0.05) is 0 Å². The van der Waals surface area contributed by atoms with Crippen LogP contribution in [0.3, 0.4) is 0 Å². The summed E-state index contributed by atoms with van der Waals surface area (Å²) in [5, 5.41) is 0. The van der Waals surface area contributed by atoms with E-state index < -0.39 is 0 Å². The number of benzene rings is 18. The molecule has 0 saturated heterocycles. The second kappa shape index (κ2) is 40.1. The molecule has 0 bridgehead atoms. The van der Waals surface area contributed by atoms with E-state index in [2.05, 4.69) is 484 Å².